The van der Waals surface area contributed by atoms with Gasteiger partial charge in [0.25, 0.3) is 0 Å². The summed E-state index contributed by atoms with van der Waals surface area (Å²) in [6, 6.07) is 9.82. The summed E-state index contributed by atoms with van der Waals surface area (Å²) in [5, 5.41) is 0. The van der Waals surface area contributed by atoms with Gasteiger partial charge in [0.2, 0.25) is 0 Å². The third-order valence-electron chi connectivity index (χ3n) is 4.50. The maximum Gasteiger partial charge on any atom is 0.0399 e. The lowest BCUT2D eigenvalue weighted by Gasteiger charge is -2.31. The largest absolute Gasteiger partial charge is 0.370 e. The highest BCUT2D eigenvalue weighted by Gasteiger charge is 2.26. The molecule has 1 aliphatic rings. The van der Waals surface area contributed by atoms with Crippen molar-refractivity contribution >= 4 is 5.69 Å². The Labute approximate surface area is 117 Å². The number of anilines is 1. The Morgan fingerprint density at radius 2 is 2.05 bits per heavy atom. The Morgan fingerprint density at radius 1 is 1.32 bits per heavy atom. The predicted octanol–water partition coefficient (Wildman–Crippen LogP) is 2.11. The number of nitrogens with zero attached hydrogens (tertiary/aromatic N) is 2. The van der Waals surface area contributed by atoms with Crippen molar-refractivity contribution in [2.75, 3.05) is 31.6 Å². The van der Waals surface area contributed by atoms with Crippen LogP contribution >= 0.6 is 0 Å². The average molecular weight is 261 g/mol. The maximum absolute atomic E-state index is 5.97. The first-order valence-corrected chi connectivity index (χ1v) is 7.42. The Morgan fingerprint density at radius 3 is 2.74 bits per heavy atom. The molecule has 1 aliphatic heterocycles. The fourth-order valence-corrected chi connectivity index (χ4v) is 2.96. The second kappa shape index (κ2) is 6.40. The molecular weight excluding hydrogens is 234 g/mol. The van der Waals surface area contributed by atoms with E-state index in [1.165, 1.54) is 17.7 Å². The molecule has 0 radical (unpaired) electrons. The van der Waals surface area contributed by atoms with Crippen LogP contribution in [0.25, 0.3) is 0 Å². The van der Waals surface area contributed by atoms with Gasteiger partial charge in [0.15, 0.2) is 0 Å². The molecule has 3 heteroatoms. The molecule has 1 heterocycles. The topological polar surface area (TPSA) is 32.5 Å². The molecule has 1 aromatic rings. The van der Waals surface area contributed by atoms with Gasteiger partial charge in [-0.2, -0.15) is 0 Å². The van der Waals surface area contributed by atoms with Crippen LogP contribution in [-0.2, 0) is 6.42 Å². The Hall–Kier alpha value is -1.06. The quantitative estimate of drug-likeness (QED) is 0.904. The molecule has 0 bridgehead atoms. The van der Waals surface area contributed by atoms with E-state index in [4.69, 9.17) is 5.73 Å². The van der Waals surface area contributed by atoms with Crippen molar-refractivity contribution in [2.45, 2.75) is 38.8 Å². The lowest BCUT2D eigenvalue weighted by molar-refractivity contribution is 0.201. The molecule has 0 aromatic heterocycles. The highest BCUT2D eigenvalue weighted by molar-refractivity contribution is 5.54. The molecule has 1 saturated heterocycles. The van der Waals surface area contributed by atoms with Gasteiger partial charge in [-0.1, -0.05) is 25.1 Å². The van der Waals surface area contributed by atoms with E-state index in [0.29, 0.717) is 12.1 Å². The molecule has 0 aliphatic carbocycles. The van der Waals surface area contributed by atoms with Gasteiger partial charge in [-0.3, -0.25) is 4.90 Å². The van der Waals surface area contributed by atoms with Gasteiger partial charge < -0.3 is 10.6 Å². The number of aryl methyl sites for hydroxylation is 1. The highest BCUT2D eigenvalue weighted by Crippen LogP contribution is 2.24. The first-order valence-electron chi connectivity index (χ1n) is 7.42. The van der Waals surface area contributed by atoms with Crippen LogP contribution in [0.2, 0.25) is 0 Å². The fraction of sp³-hybridized carbons (Fsp3) is 0.625. The van der Waals surface area contributed by atoms with E-state index in [1.54, 1.807) is 0 Å². The van der Waals surface area contributed by atoms with Gasteiger partial charge in [0.05, 0.1) is 0 Å². The van der Waals surface area contributed by atoms with Crippen LogP contribution in [-0.4, -0.2) is 43.7 Å². The molecule has 106 valence electrons. The highest BCUT2D eigenvalue weighted by atomic mass is 15.3. The summed E-state index contributed by atoms with van der Waals surface area (Å²) >= 11 is 0. The summed E-state index contributed by atoms with van der Waals surface area (Å²) in [6.45, 7) is 7.42. The van der Waals surface area contributed by atoms with Crippen molar-refractivity contribution in [1.29, 1.82) is 0 Å². The van der Waals surface area contributed by atoms with E-state index >= 15 is 0 Å². The van der Waals surface area contributed by atoms with Crippen molar-refractivity contribution in [2.24, 2.45) is 5.73 Å². The normalized spacial score (nSPS) is 25.4. The second-order valence-electron chi connectivity index (χ2n) is 5.62. The van der Waals surface area contributed by atoms with Crippen molar-refractivity contribution in [3.8, 4) is 0 Å². The van der Waals surface area contributed by atoms with Crippen LogP contribution in [0.15, 0.2) is 24.3 Å². The minimum atomic E-state index is 0.447. The molecule has 3 nitrogen and oxygen atoms in total. The van der Waals surface area contributed by atoms with Crippen LogP contribution in [0.3, 0.4) is 0 Å². The number of hydrogen-bond donors (Lipinski definition) is 1. The molecule has 1 fully saturated rings. The number of likely N-dealkylation sites (N-methyl/N-ethyl adjacent to an activating group) is 1. The summed E-state index contributed by atoms with van der Waals surface area (Å²) in [7, 11) is 2.21. The van der Waals surface area contributed by atoms with E-state index in [0.717, 1.165) is 26.1 Å². The van der Waals surface area contributed by atoms with Gasteiger partial charge in [-0.25, -0.2) is 0 Å². The molecule has 0 saturated carbocycles. The van der Waals surface area contributed by atoms with Gasteiger partial charge in [-0.15, -0.1) is 0 Å². The lowest BCUT2D eigenvalue weighted by Crippen LogP contribution is -2.46. The third-order valence-corrected chi connectivity index (χ3v) is 4.50. The molecule has 0 spiro atoms. The zero-order valence-corrected chi connectivity index (χ0v) is 12.5. The van der Waals surface area contributed by atoms with Crippen molar-refractivity contribution in [3.63, 3.8) is 0 Å². The SMILES string of the molecule is CCc1ccccc1N1CCC(C)N(C)C(CN)C1. The van der Waals surface area contributed by atoms with E-state index in [9.17, 15) is 0 Å². The van der Waals surface area contributed by atoms with Crippen LogP contribution in [0.4, 0.5) is 5.69 Å². The number of hydrogen-bond acceptors (Lipinski definition) is 3. The van der Waals surface area contributed by atoms with E-state index < -0.39 is 0 Å². The van der Waals surface area contributed by atoms with Crippen molar-refractivity contribution in [3.05, 3.63) is 29.8 Å². The maximum atomic E-state index is 5.97. The third kappa shape index (κ3) is 3.10. The van der Waals surface area contributed by atoms with E-state index in [1.807, 2.05) is 0 Å². The van der Waals surface area contributed by atoms with E-state index in [2.05, 4.69) is 55.0 Å². The zero-order chi connectivity index (χ0) is 13.8. The second-order valence-corrected chi connectivity index (χ2v) is 5.62. The zero-order valence-electron chi connectivity index (χ0n) is 12.5. The minimum Gasteiger partial charge on any atom is -0.370 e. The predicted molar refractivity (Wildman–Crippen MR) is 82.7 cm³/mol. The Balaban J connectivity index is 2.24. The molecule has 2 unspecified atom stereocenters. The Kier molecular flexibility index (Phi) is 4.83. The lowest BCUT2D eigenvalue weighted by atomic mass is 10.1. The summed E-state index contributed by atoms with van der Waals surface area (Å²) in [5.41, 5.74) is 8.80. The van der Waals surface area contributed by atoms with Gasteiger partial charge in [0.1, 0.15) is 0 Å². The first-order chi connectivity index (χ1) is 9.17. The average Bonchev–Trinajstić information content (AvgIpc) is 2.59. The van der Waals surface area contributed by atoms with Gasteiger partial charge in [0, 0.05) is 37.4 Å². The van der Waals surface area contributed by atoms with Crippen LogP contribution in [0.5, 0.6) is 0 Å². The molecule has 2 rings (SSSR count). The Bertz CT molecular complexity index is 405. The smallest absolute Gasteiger partial charge is 0.0399 e. The van der Waals surface area contributed by atoms with E-state index in [-0.39, 0.29) is 0 Å². The number of benzene rings is 1. The number of rotatable bonds is 3. The first kappa shape index (κ1) is 14.4. The molecular formula is C16H27N3. The molecule has 2 atom stereocenters. The monoisotopic (exact) mass is 261 g/mol. The summed E-state index contributed by atoms with van der Waals surface area (Å²) in [5.74, 6) is 0. The van der Waals surface area contributed by atoms with Crippen LogP contribution in [0, 0.1) is 0 Å². The summed E-state index contributed by atoms with van der Waals surface area (Å²) < 4.78 is 0. The number of para-hydroxylation sites is 1. The molecule has 19 heavy (non-hydrogen) atoms. The van der Waals surface area contributed by atoms with Crippen molar-refractivity contribution < 1.29 is 0 Å². The van der Waals surface area contributed by atoms with Gasteiger partial charge >= 0.3 is 0 Å². The standard InChI is InChI=1S/C16H27N3/c1-4-14-7-5-6-8-16(14)19-10-9-13(2)18(3)15(11-17)12-19/h5-8,13,15H,4,9-12,17H2,1-3H3. The summed E-state index contributed by atoms with van der Waals surface area (Å²) in [4.78, 5) is 4.96. The van der Waals surface area contributed by atoms with Crippen LogP contribution < -0.4 is 10.6 Å². The fourth-order valence-electron chi connectivity index (χ4n) is 2.96. The van der Waals surface area contributed by atoms with Crippen LogP contribution in [0.1, 0.15) is 25.8 Å². The molecule has 0 amide bonds. The van der Waals surface area contributed by atoms with Crippen molar-refractivity contribution in [1.82, 2.24) is 4.90 Å². The minimum absolute atomic E-state index is 0.447. The molecule has 2 N–H and O–H groups in total. The summed E-state index contributed by atoms with van der Waals surface area (Å²) in [6.07, 6.45) is 2.29. The number of nitrogens with two attached hydrogens (primary N) is 1. The van der Waals surface area contributed by atoms with Gasteiger partial charge in [-0.05, 0) is 38.4 Å². The molecule has 1 aromatic carbocycles.